The number of nitrogens with one attached hydrogen (secondary N) is 1. The molecule has 39 heavy (non-hydrogen) atoms. The van der Waals surface area contributed by atoms with Gasteiger partial charge in [-0.25, -0.2) is 19.2 Å². The number of rotatable bonds is 10. The van der Waals surface area contributed by atoms with Crippen molar-refractivity contribution in [2.24, 2.45) is 0 Å². The Morgan fingerprint density at radius 2 is 1.31 bits per heavy atom. The number of esters is 3. The van der Waals surface area contributed by atoms with Crippen LogP contribution in [0.15, 0.2) is 72.8 Å². The average molecular weight is 574 g/mol. The minimum atomic E-state index is -2.30. The van der Waals surface area contributed by atoms with Gasteiger partial charge in [-0.05, 0) is 49.4 Å². The van der Waals surface area contributed by atoms with Crippen LogP contribution in [-0.2, 0) is 23.8 Å². The molecule has 0 heterocycles. The first-order chi connectivity index (χ1) is 18.6. The van der Waals surface area contributed by atoms with Crippen molar-refractivity contribution in [2.45, 2.75) is 19.1 Å². The first kappa shape index (κ1) is 29.2. The van der Waals surface area contributed by atoms with Gasteiger partial charge in [0.25, 0.3) is 5.91 Å². The van der Waals surface area contributed by atoms with Crippen molar-refractivity contribution in [2.75, 3.05) is 11.9 Å². The molecule has 3 aromatic carbocycles. The summed E-state index contributed by atoms with van der Waals surface area (Å²) in [5.74, 6) is -5.95. The molecule has 0 bridgehead atoms. The topological polar surface area (TPSA) is 145 Å². The SMILES string of the molecule is CCOC(=O)c1cccc(NC(=O)[C@@H](OC(=O)c2ccccc2Cl)[C@H](OC(=O)c2ccccc2Cl)C(=O)O)c1. The number of amides is 1. The predicted octanol–water partition coefficient (Wildman–Crippen LogP) is 4.64. The van der Waals surface area contributed by atoms with E-state index in [0.29, 0.717) is 0 Å². The summed E-state index contributed by atoms with van der Waals surface area (Å²) in [6, 6.07) is 16.9. The van der Waals surface area contributed by atoms with Crippen LogP contribution in [0.1, 0.15) is 38.0 Å². The summed E-state index contributed by atoms with van der Waals surface area (Å²) in [6.07, 6.45) is -4.49. The third-order valence-corrected chi connectivity index (χ3v) is 5.73. The Labute approximate surface area is 232 Å². The van der Waals surface area contributed by atoms with Crippen LogP contribution in [-0.4, -0.2) is 53.7 Å². The molecule has 2 N–H and O–H groups in total. The number of carboxylic acid groups (broad SMARTS) is 1. The second kappa shape index (κ2) is 13.4. The van der Waals surface area contributed by atoms with Gasteiger partial charge in [0.1, 0.15) is 0 Å². The lowest BCUT2D eigenvalue weighted by atomic mass is 10.1. The molecule has 0 radical (unpaired) electrons. The second-order valence-corrected chi connectivity index (χ2v) is 8.55. The molecular formula is C27H21Cl2NO9. The number of anilines is 1. The van der Waals surface area contributed by atoms with Gasteiger partial charge < -0.3 is 24.6 Å². The van der Waals surface area contributed by atoms with Crippen LogP contribution in [0.3, 0.4) is 0 Å². The number of hydrogen-bond acceptors (Lipinski definition) is 8. The van der Waals surface area contributed by atoms with Gasteiger partial charge in [0.15, 0.2) is 0 Å². The predicted molar refractivity (Wildman–Crippen MR) is 140 cm³/mol. The normalized spacial score (nSPS) is 12.0. The summed E-state index contributed by atoms with van der Waals surface area (Å²) in [7, 11) is 0. The Hall–Kier alpha value is -4.41. The Morgan fingerprint density at radius 1 is 0.769 bits per heavy atom. The molecule has 0 unspecified atom stereocenters. The van der Waals surface area contributed by atoms with Crippen LogP contribution in [0.5, 0.6) is 0 Å². The first-order valence-electron chi connectivity index (χ1n) is 11.3. The maximum atomic E-state index is 13.3. The fourth-order valence-corrected chi connectivity index (χ4v) is 3.68. The van der Waals surface area contributed by atoms with Crippen LogP contribution >= 0.6 is 23.2 Å². The van der Waals surface area contributed by atoms with Gasteiger partial charge in [-0.15, -0.1) is 0 Å². The molecule has 0 aliphatic rings. The van der Waals surface area contributed by atoms with Crippen molar-refractivity contribution in [1.82, 2.24) is 0 Å². The number of halogens is 2. The molecule has 2 atom stereocenters. The van der Waals surface area contributed by atoms with Crippen LogP contribution < -0.4 is 5.32 Å². The molecule has 10 nitrogen and oxygen atoms in total. The minimum absolute atomic E-state index is 0.0243. The highest BCUT2D eigenvalue weighted by Gasteiger charge is 2.41. The fourth-order valence-electron chi connectivity index (χ4n) is 3.26. The van der Waals surface area contributed by atoms with Gasteiger partial charge in [-0.3, -0.25) is 4.79 Å². The third kappa shape index (κ3) is 7.56. The standard InChI is InChI=1S/C27H21Cl2NO9/c1-2-37-25(34)15-8-7-9-16(14-15)30-23(31)21(38-26(35)17-10-3-5-12-19(17)28)22(24(32)33)39-27(36)18-11-4-6-13-20(18)29/h3-14,21-22H,2H2,1H3,(H,30,31)(H,32,33)/t21-,22-/m0/s1. The first-order valence-corrected chi connectivity index (χ1v) is 12.1. The zero-order valence-electron chi connectivity index (χ0n) is 20.3. The Balaban J connectivity index is 1.95. The lowest BCUT2D eigenvalue weighted by Gasteiger charge is -2.24. The zero-order valence-corrected chi connectivity index (χ0v) is 21.8. The van der Waals surface area contributed by atoms with Crippen molar-refractivity contribution in [3.63, 3.8) is 0 Å². The molecule has 0 fully saturated rings. The molecule has 0 saturated heterocycles. The van der Waals surface area contributed by atoms with E-state index in [2.05, 4.69) is 5.32 Å². The van der Waals surface area contributed by atoms with Crippen molar-refractivity contribution < 1.29 is 43.3 Å². The molecule has 3 aromatic rings. The van der Waals surface area contributed by atoms with E-state index in [0.717, 1.165) is 0 Å². The summed E-state index contributed by atoms with van der Waals surface area (Å²) in [6.45, 7) is 1.74. The highest BCUT2D eigenvalue weighted by molar-refractivity contribution is 6.34. The molecule has 12 heteroatoms. The number of hydrogen-bond donors (Lipinski definition) is 2. The van der Waals surface area contributed by atoms with Crippen LogP contribution in [0, 0.1) is 0 Å². The van der Waals surface area contributed by atoms with E-state index in [9.17, 15) is 29.1 Å². The molecule has 3 rings (SSSR count). The van der Waals surface area contributed by atoms with E-state index in [1.165, 1.54) is 60.7 Å². The van der Waals surface area contributed by atoms with E-state index in [-0.39, 0.29) is 39.0 Å². The van der Waals surface area contributed by atoms with E-state index in [1.807, 2.05) is 0 Å². The highest BCUT2D eigenvalue weighted by atomic mass is 35.5. The van der Waals surface area contributed by atoms with Crippen molar-refractivity contribution in [3.8, 4) is 0 Å². The maximum Gasteiger partial charge on any atom is 0.349 e. The molecular weight excluding hydrogens is 553 g/mol. The number of carbonyl (C=O) groups is 5. The quantitative estimate of drug-likeness (QED) is 0.261. The summed E-state index contributed by atoms with van der Waals surface area (Å²) in [4.78, 5) is 63.2. The smallest absolute Gasteiger partial charge is 0.349 e. The van der Waals surface area contributed by atoms with E-state index < -0.39 is 42.0 Å². The van der Waals surface area contributed by atoms with E-state index in [4.69, 9.17) is 37.4 Å². The van der Waals surface area contributed by atoms with Crippen LogP contribution in [0.2, 0.25) is 10.0 Å². The van der Waals surface area contributed by atoms with Gasteiger partial charge >= 0.3 is 23.9 Å². The minimum Gasteiger partial charge on any atom is -0.478 e. The highest BCUT2D eigenvalue weighted by Crippen LogP contribution is 2.22. The zero-order chi connectivity index (χ0) is 28.5. The molecule has 202 valence electrons. The largest absolute Gasteiger partial charge is 0.478 e. The molecule has 1 amide bonds. The fraction of sp³-hybridized carbons (Fsp3) is 0.148. The van der Waals surface area contributed by atoms with Crippen molar-refractivity contribution >= 4 is 58.7 Å². The van der Waals surface area contributed by atoms with Gasteiger partial charge in [0, 0.05) is 5.69 Å². The molecule has 0 aliphatic heterocycles. The van der Waals surface area contributed by atoms with Gasteiger partial charge in [-0.1, -0.05) is 53.5 Å². The number of carboxylic acids is 1. The van der Waals surface area contributed by atoms with E-state index >= 15 is 0 Å². The molecule has 0 aromatic heterocycles. The summed E-state index contributed by atoms with van der Waals surface area (Å²) in [5, 5.41) is 12.2. The number of ether oxygens (including phenoxy) is 3. The summed E-state index contributed by atoms with van der Waals surface area (Å²) in [5.41, 5.74) is -0.197. The van der Waals surface area contributed by atoms with Gasteiger partial charge in [0.05, 0.1) is 33.3 Å². The van der Waals surface area contributed by atoms with Crippen molar-refractivity contribution in [3.05, 3.63) is 99.5 Å². The number of carbonyl (C=O) groups excluding carboxylic acids is 4. The maximum absolute atomic E-state index is 13.3. The number of benzene rings is 3. The lowest BCUT2D eigenvalue weighted by Crippen LogP contribution is -2.48. The monoisotopic (exact) mass is 573 g/mol. The second-order valence-electron chi connectivity index (χ2n) is 7.74. The Kier molecular flexibility index (Phi) is 10.0. The van der Waals surface area contributed by atoms with Crippen molar-refractivity contribution in [1.29, 1.82) is 0 Å². The summed E-state index contributed by atoms with van der Waals surface area (Å²) < 4.78 is 15.3. The van der Waals surface area contributed by atoms with E-state index in [1.54, 1.807) is 19.1 Å². The van der Waals surface area contributed by atoms with Gasteiger partial charge in [0.2, 0.25) is 12.2 Å². The Morgan fingerprint density at radius 3 is 1.82 bits per heavy atom. The third-order valence-electron chi connectivity index (χ3n) is 5.07. The lowest BCUT2D eigenvalue weighted by molar-refractivity contribution is -0.157. The summed E-state index contributed by atoms with van der Waals surface area (Å²) >= 11 is 12.1. The Bertz CT molecular complexity index is 1410. The van der Waals surface area contributed by atoms with Crippen LogP contribution in [0.25, 0.3) is 0 Å². The molecule has 0 spiro atoms. The van der Waals surface area contributed by atoms with Gasteiger partial charge in [-0.2, -0.15) is 0 Å². The number of aliphatic carboxylic acids is 1. The average Bonchev–Trinajstić information content (AvgIpc) is 2.91. The molecule has 0 saturated carbocycles. The van der Waals surface area contributed by atoms with Crippen LogP contribution in [0.4, 0.5) is 5.69 Å². The molecule has 0 aliphatic carbocycles.